The molecule has 0 aromatic rings. The van der Waals surface area contributed by atoms with E-state index < -0.39 is 0 Å². The average molecular weight is 211 g/mol. The van der Waals surface area contributed by atoms with E-state index in [4.69, 9.17) is 0 Å². The van der Waals surface area contributed by atoms with Crippen molar-refractivity contribution < 1.29 is 9.59 Å². The third kappa shape index (κ3) is 3.20. The molecule has 1 saturated heterocycles. The van der Waals surface area contributed by atoms with Gasteiger partial charge in [0.1, 0.15) is 0 Å². The van der Waals surface area contributed by atoms with Gasteiger partial charge in [-0.15, -0.1) is 0 Å². The quantitative estimate of drug-likeness (QED) is 0.566. The highest BCUT2D eigenvalue weighted by molar-refractivity contribution is 5.87. The summed E-state index contributed by atoms with van der Waals surface area (Å²) in [6.45, 7) is 1.000. The largest absolute Gasteiger partial charge is 0.352 e. The third-order valence-corrected chi connectivity index (χ3v) is 2.74. The maximum atomic E-state index is 11.5. The standard InChI is InChI=1S/C10H17N3O2/c14-9(13-7-3-4-7)6-12-10(15)8-2-1-5-11-8/h7-8,11H,1-6H2,(H,12,15)(H,13,14)/t8-/m0/s1. The second-order valence-corrected chi connectivity index (χ2v) is 4.21. The maximum absolute atomic E-state index is 11.5. The molecule has 0 unspecified atom stereocenters. The second-order valence-electron chi connectivity index (χ2n) is 4.21. The highest BCUT2D eigenvalue weighted by Crippen LogP contribution is 2.18. The summed E-state index contributed by atoms with van der Waals surface area (Å²) in [6, 6.07) is 0.262. The van der Waals surface area contributed by atoms with Gasteiger partial charge in [-0.05, 0) is 32.2 Å². The highest BCUT2D eigenvalue weighted by Gasteiger charge is 2.25. The Bertz CT molecular complexity index is 257. The number of rotatable bonds is 4. The van der Waals surface area contributed by atoms with Crippen molar-refractivity contribution in [3.8, 4) is 0 Å². The number of carbonyl (C=O) groups excluding carboxylic acids is 2. The van der Waals surface area contributed by atoms with Crippen LogP contribution in [0.15, 0.2) is 0 Å². The van der Waals surface area contributed by atoms with E-state index in [1.54, 1.807) is 0 Å². The molecule has 84 valence electrons. The average Bonchev–Trinajstić information content (AvgIpc) is 2.86. The van der Waals surface area contributed by atoms with Gasteiger partial charge in [0, 0.05) is 6.04 Å². The summed E-state index contributed by atoms with van der Waals surface area (Å²) in [5, 5.41) is 8.56. The molecule has 2 amide bonds. The molecule has 0 bridgehead atoms. The Morgan fingerprint density at radius 3 is 2.67 bits per heavy atom. The van der Waals surface area contributed by atoms with Gasteiger partial charge in [0.15, 0.2) is 0 Å². The van der Waals surface area contributed by atoms with Crippen LogP contribution in [0.5, 0.6) is 0 Å². The lowest BCUT2D eigenvalue weighted by Gasteiger charge is -2.10. The maximum Gasteiger partial charge on any atom is 0.239 e. The van der Waals surface area contributed by atoms with Gasteiger partial charge in [0.25, 0.3) is 0 Å². The number of amides is 2. The Labute approximate surface area is 89.0 Å². The monoisotopic (exact) mass is 211 g/mol. The molecular weight excluding hydrogens is 194 g/mol. The molecule has 1 atom stereocenters. The second kappa shape index (κ2) is 4.61. The lowest BCUT2D eigenvalue weighted by atomic mass is 10.2. The van der Waals surface area contributed by atoms with E-state index in [0.29, 0.717) is 6.04 Å². The van der Waals surface area contributed by atoms with Crippen LogP contribution in [0.4, 0.5) is 0 Å². The number of hydrogen-bond acceptors (Lipinski definition) is 3. The number of carbonyl (C=O) groups is 2. The van der Waals surface area contributed by atoms with Crippen molar-refractivity contribution >= 4 is 11.8 Å². The van der Waals surface area contributed by atoms with Crippen LogP contribution in [0.3, 0.4) is 0 Å². The van der Waals surface area contributed by atoms with Crippen LogP contribution < -0.4 is 16.0 Å². The summed E-state index contributed by atoms with van der Waals surface area (Å²) in [5.74, 6) is -0.137. The molecular formula is C10H17N3O2. The lowest BCUT2D eigenvalue weighted by molar-refractivity contribution is -0.127. The first-order valence-corrected chi connectivity index (χ1v) is 5.56. The minimum absolute atomic E-state index is 0.0570. The van der Waals surface area contributed by atoms with Gasteiger partial charge in [-0.1, -0.05) is 0 Å². The van der Waals surface area contributed by atoms with Crippen molar-refractivity contribution in [2.75, 3.05) is 13.1 Å². The molecule has 5 nitrogen and oxygen atoms in total. The number of nitrogens with one attached hydrogen (secondary N) is 3. The molecule has 2 rings (SSSR count). The van der Waals surface area contributed by atoms with Crippen LogP contribution in [0.1, 0.15) is 25.7 Å². The van der Waals surface area contributed by atoms with Gasteiger partial charge < -0.3 is 16.0 Å². The van der Waals surface area contributed by atoms with Gasteiger partial charge in [-0.2, -0.15) is 0 Å². The molecule has 2 aliphatic rings. The molecule has 15 heavy (non-hydrogen) atoms. The Morgan fingerprint density at radius 2 is 2.07 bits per heavy atom. The van der Waals surface area contributed by atoms with Crippen LogP contribution in [0, 0.1) is 0 Å². The lowest BCUT2D eigenvalue weighted by Crippen LogP contribution is -2.45. The minimum atomic E-state index is -0.0984. The molecule has 2 fully saturated rings. The SMILES string of the molecule is O=C(CNC(=O)[C@@H]1CCCN1)NC1CC1. The molecule has 1 aliphatic carbocycles. The van der Waals surface area contributed by atoms with E-state index in [1.165, 1.54) is 0 Å². The summed E-state index contributed by atoms with van der Waals surface area (Å²) in [4.78, 5) is 22.8. The van der Waals surface area contributed by atoms with Crippen LogP contribution in [-0.2, 0) is 9.59 Å². The van der Waals surface area contributed by atoms with E-state index in [-0.39, 0.29) is 24.4 Å². The zero-order valence-corrected chi connectivity index (χ0v) is 8.71. The van der Waals surface area contributed by atoms with Gasteiger partial charge >= 0.3 is 0 Å². The summed E-state index contributed by atoms with van der Waals surface area (Å²) in [7, 11) is 0. The van der Waals surface area contributed by atoms with Crippen molar-refractivity contribution in [3.63, 3.8) is 0 Å². The first kappa shape index (κ1) is 10.4. The van der Waals surface area contributed by atoms with E-state index in [9.17, 15) is 9.59 Å². The Hall–Kier alpha value is -1.10. The molecule has 1 heterocycles. The van der Waals surface area contributed by atoms with Crippen LogP contribution in [0.25, 0.3) is 0 Å². The van der Waals surface area contributed by atoms with Crippen molar-refractivity contribution in [1.82, 2.24) is 16.0 Å². The van der Waals surface area contributed by atoms with Crippen molar-refractivity contribution in [2.45, 2.75) is 37.8 Å². The Morgan fingerprint density at radius 1 is 1.27 bits per heavy atom. The van der Waals surface area contributed by atoms with Crippen molar-refractivity contribution in [2.24, 2.45) is 0 Å². The van der Waals surface area contributed by atoms with Gasteiger partial charge in [-0.3, -0.25) is 9.59 Å². The topological polar surface area (TPSA) is 70.2 Å². The minimum Gasteiger partial charge on any atom is -0.352 e. The van der Waals surface area contributed by atoms with Crippen molar-refractivity contribution in [3.05, 3.63) is 0 Å². The molecule has 0 radical (unpaired) electrons. The fourth-order valence-corrected chi connectivity index (χ4v) is 1.71. The van der Waals surface area contributed by atoms with E-state index >= 15 is 0 Å². The predicted octanol–water partition coefficient (Wildman–Crippen LogP) is -0.867. The summed E-state index contributed by atoms with van der Waals surface area (Å²) in [5.41, 5.74) is 0. The smallest absolute Gasteiger partial charge is 0.239 e. The molecule has 3 N–H and O–H groups in total. The molecule has 0 aromatic carbocycles. The van der Waals surface area contributed by atoms with Gasteiger partial charge in [0.2, 0.25) is 11.8 Å². The Kier molecular flexibility index (Phi) is 3.20. The van der Waals surface area contributed by atoms with Crippen LogP contribution in [-0.4, -0.2) is 37.0 Å². The summed E-state index contributed by atoms with van der Waals surface area (Å²) < 4.78 is 0. The first-order chi connectivity index (χ1) is 7.25. The van der Waals surface area contributed by atoms with Crippen molar-refractivity contribution in [1.29, 1.82) is 0 Å². The van der Waals surface area contributed by atoms with E-state index in [2.05, 4.69) is 16.0 Å². The van der Waals surface area contributed by atoms with Crippen LogP contribution >= 0.6 is 0 Å². The predicted molar refractivity (Wildman–Crippen MR) is 55.2 cm³/mol. The zero-order chi connectivity index (χ0) is 10.7. The molecule has 1 saturated carbocycles. The van der Waals surface area contributed by atoms with Crippen LogP contribution in [0.2, 0.25) is 0 Å². The molecule has 0 aromatic heterocycles. The molecule has 5 heteroatoms. The fourth-order valence-electron chi connectivity index (χ4n) is 1.71. The van der Waals surface area contributed by atoms with E-state index in [0.717, 1.165) is 32.2 Å². The fraction of sp³-hybridized carbons (Fsp3) is 0.800. The highest BCUT2D eigenvalue weighted by atomic mass is 16.2. The van der Waals surface area contributed by atoms with E-state index in [1.807, 2.05) is 0 Å². The molecule has 1 aliphatic heterocycles. The summed E-state index contributed by atoms with van der Waals surface area (Å²) >= 11 is 0. The first-order valence-electron chi connectivity index (χ1n) is 5.56. The molecule has 0 spiro atoms. The van der Waals surface area contributed by atoms with Gasteiger partial charge in [-0.25, -0.2) is 0 Å². The van der Waals surface area contributed by atoms with Gasteiger partial charge in [0.05, 0.1) is 12.6 Å². The normalized spacial score (nSPS) is 24.9. The zero-order valence-electron chi connectivity index (χ0n) is 8.71. The number of hydrogen-bond donors (Lipinski definition) is 3. The third-order valence-electron chi connectivity index (χ3n) is 2.74. The Balaban J connectivity index is 1.62. The summed E-state index contributed by atoms with van der Waals surface area (Å²) in [6.07, 6.45) is 4.05.